The monoisotopic (exact) mass is 237 g/mol. The summed E-state index contributed by atoms with van der Waals surface area (Å²) in [6.07, 6.45) is 1.65. The summed E-state index contributed by atoms with van der Waals surface area (Å²) in [6, 6.07) is 6.20. The molecule has 2 atom stereocenters. The van der Waals surface area contributed by atoms with Gasteiger partial charge in [-0.15, -0.1) is 11.3 Å². The number of nitrogens with zero attached hydrogens (tertiary/aromatic N) is 1. The predicted octanol–water partition coefficient (Wildman–Crippen LogP) is 3.77. The van der Waals surface area contributed by atoms with Crippen LogP contribution in [0.5, 0.6) is 0 Å². The van der Waals surface area contributed by atoms with Gasteiger partial charge in [-0.05, 0) is 30.7 Å². The van der Waals surface area contributed by atoms with Crippen molar-refractivity contribution in [3.63, 3.8) is 0 Å². The van der Waals surface area contributed by atoms with Crippen LogP contribution in [-0.4, -0.2) is 11.2 Å². The Labute approximate surface area is 95.8 Å². The first kappa shape index (κ1) is 9.90. The molecular formula is C12H9F2NS. The van der Waals surface area contributed by atoms with Crippen LogP contribution in [-0.2, 0) is 0 Å². The van der Waals surface area contributed by atoms with Crippen molar-refractivity contribution in [1.82, 2.24) is 4.98 Å². The summed E-state index contributed by atoms with van der Waals surface area (Å²) < 4.78 is 25.6. The molecule has 2 unspecified atom stereocenters. The first-order valence-electron chi connectivity index (χ1n) is 5.10. The molecule has 1 nitrogen and oxygen atoms in total. The molecule has 0 amide bonds. The second-order valence-corrected chi connectivity index (χ2v) is 5.00. The highest BCUT2D eigenvalue weighted by molar-refractivity contribution is 7.15. The lowest BCUT2D eigenvalue weighted by Gasteiger charge is -1.94. The fourth-order valence-corrected chi connectivity index (χ4v) is 2.73. The molecule has 1 saturated carbocycles. The van der Waals surface area contributed by atoms with Gasteiger partial charge >= 0.3 is 0 Å². The summed E-state index contributed by atoms with van der Waals surface area (Å²) in [5, 5.41) is 0.828. The number of hydrogen-bond donors (Lipinski definition) is 0. The molecule has 0 spiro atoms. The predicted molar refractivity (Wildman–Crippen MR) is 59.8 cm³/mol. The van der Waals surface area contributed by atoms with Crippen LogP contribution < -0.4 is 0 Å². The molecule has 1 aromatic heterocycles. The van der Waals surface area contributed by atoms with Crippen LogP contribution in [0.25, 0.3) is 10.6 Å². The van der Waals surface area contributed by atoms with Gasteiger partial charge in [0.05, 0.1) is 0 Å². The standard InChI is InChI=1S/C12H9F2NS/c13-8-3-1-7(2-4-8)12-15-6-11(16-12)9-5-10(9)14/h1-4,6,9-10H,5H2. The highest BCUT2D eigenvalue weighted by Gasteiger charge is 2.40. The maximum absolute atomic E-state index is 12.9. The van der Waals surface area contributed by atoms with Gasteiger partial charge < -0.3 is 0 Å². The maximum Gasteiger partial charge on any atom is 0.123 e. The van der Waals surface area contributed by atoms with Crippen molar-refractivity contribution in [1.29, 1.82) is 0 Å². The van der Waals surface area contributed by atoms with Crippen LogP contribution in [0.3, 0.4) is 0 Å². The molecule has 16 heavy (non-hydrogen) atoms. The third-order valence-electron chi connectivity index (χ3n) is 2.69. The van der Waals surface area contributed by atoms with E-state index in [-0.39, 0.29) is 11.7 Å². The molecular weight excluding hydrogens is 228 g/mol. The highest BCUT2D eigenvalue weighted by atomic mass is 32.1. The van der Waals surface area contributed by atoms with E-state index in [1.165, 1.54) is 23.5 Å². The molecule has 4 heteroatoms. The van der Waals surface area contributed by atoms with E-state index in [0.717, 1.165) is 15.4 Å². The van der Waals surface area contributed by atoms with Crippen LogP contribution in [0.2, 0.25) is 0 Å². The van der Waals surface area contributed by atoms with Crippen LogP contribution >= 0.6 is 11.3 Å². The first-order valence-corrected chi connectivity index (χ1v) is 5.91. The largest absolute Gasteiger partial charge is 0.247 e. The fraction of sp³-hybridized carbons (Fsp3) is 0.250. The van der Waals surface area contributed by atoms with Crippen LogP contribution in [0, 0.1) is 5.82 Å². The molecule has 1 aromatic carbocycles. The number of rotatable bonds is 2. The molecule has 82 valence electrons. The van der Waals surface area contributed by atoms with E-state index < -0.39 is 6.17 Å². The zero-order valence-electron chi connectivity index (χ0n) is 8.36. The molecule has 0 bridgehead atoms. The second kappa shape index (κ2) is 3.63. The maximum atomic E-state index is 12.9. The Balaban J connectivity index is 1.89. The normalized spacial score (nSPS) is 23.4. The van der Waals surface area contributed by atoms with Gasteiger partial charge in [-0.2, -0.15) is 0 Å². The summed E-state index contributed by atoms with van der Waals surface area (Å²) in [5.74, 6) is -0.210. The average molecular weight is 237 g/mol. The average Bonchev–Trinajstić information content (AvgIpc) is 2.82. The van der Waals surface area contributed by atoms with Gasteiger partial charge in [0.1, 0.15) is 17.0 Å². The summed E-state index contributed by atoms with van der Waals surface area (Å²) in [7, 11) is 0. The lowest BCUT2D eigenvalue weighted by molar-refractivity contribution is 0.469. The number of halogens is 2. The first-order chi connectivity index (χ1) is 7.74. The third kappa shape index (κ3) is 1.73. The summed E-state index contributed by atoms with van der Waals surface area (Å²) >= 11 is 1.49. The Hall–Kier alpha value is -1.29. The number of hydrogen-bond acceptors (Lipinski definition) is 2. The molecule has 0 N–H and O–H groups in total. The van der Waals surface area contributed by atoms with Crippen molar-refractivity contribution in [2.45, 2.75) is 18.5 Å². The van der Waals surface area contributed by atoms with E-state index >= 15 is 0 Å². The summed E-state index contributed by atoms with van der Waals surface area (Å²) in [6.45, 7) is 0. The quantitative estimate of drug-likeness (QED) is 0.774. The number of thiazole rings is 1. The van der Waals surface area contributed by atoms with Crippen molar-refractivity contribution < 1.29 is 8.78 Å². The smallest absolute Gasteiger partial charge is 0.123 e. The zero-order chi connectivity index (χ0) is 11.1. The van der Waals surface area contributed by atoms with Gasteiger partial charge in [0.2, 0.25) is 0 Å². The molecule has 2 aromatic rings. The minimum absolute atomic E-state index is 0.0479. The zero-order valence-corrected chi connectivity index (χ0v) is 9.18. The minimum Gasteiger partial charge on any atom is -0.247 e. The summed E-state index contributed by atoms with van der Waals surface area (Å²) in [5.41, 5.74) is 0.883. The minimum atomic E-state index is -0.693. The molecule has 1 aliphatic rings. The lowest BCUT2D eigenvalue weighted by atomic mass is 10.2. The highest BCUT2D eigenvalue weighted by Crippen LogP contribution is 2.46. The Morgan fingerprint density at radius 2 is 1.94 bits per heavy atom. The molecule has 0 saturated heterocycles. The van der Waals surface area contributed by atoms with Crippen molar-refractivity contribution in [2.24, 2.45) is 0 Å². The van der Waals surface area contributed by atoms with E-state index in [0.29, 0.717) is 6.42 Å². The molecule has 0 aliphatic heterocycles. The van der Waals surface area contributed by atoms with Gasteiger partial charge in [-0.1, -0.05) is 0 Å². The Morgan fingerprint density at radius 3 is 2.56 bits per heavy atom. The van der Waals surface area contributed by atoms with Crippen molar-refractivity contribution in [3.05, 3.63) is 41.2 Å². The summed E-state index contributed by atoms with van der Waals surface area (Å²) in [4.78, 5) is 5.23. The van der Waals surface area contributed by atoms with Crippen LogP contribution in [0.15, 0.2) is 30.5 Å². The molecule has 1 fully saturated rings. The number of alkyl halides is 1. The van der Waals surface area contributed by atoms with E-state index in [1.54, 1.807) is 18.3 Å². The van der Waals surface area contributed by atoms with E-state index in [1.807, 2.05) is 0 Å². The Bertz CT molecular complexity index is 506. The van der Waals surface area contributed by atoms with Gasteiger partial charge in [0.25, 0.3) is 0 Å². The molecule has 3 rings (SSSR count). The fourth-order valence-electron chi connectivity index (χ4n) is 1.64. The van der Waals surface area contributed by atoms with Crippen LogP contribution in [0.1, 0.15) is 17.2 Å². The second-order valence-electron chi connectivity index (χ2n) is 3.93. The van der Waals surface area contributed by atoms with Gasteiger partial charge in [0.15, 0.2) is 0 Å². The van der Waals surface area contributed by atoms with Crippen LogP contribution in [0.4, 0.5) is 8.78 Å². The van der Waals surface area contributed by atoms with E-state index in [9.17, 15) is 8.78 Å². The molecule has 1 aliphatic carbocycles. The Kier molecular flexibility index (Phi) is 2.24. The van der Waals surface area contributed by atoms with E-state index in [2.05, 4.69) is 4.98 Å². The van der Waals surface area contributed by atoms with Gasteiger partial charge in [-0.3, -0.25) is 0 Å². The molecule has 0 radical (unpaired) electrons. The van der Waals surface area contributed by atoms with Gasteiger partial charge in [0, 0.05) is 22.6 Å². The van der Waals surface area contributed by atoms with Gasteiger partial charge in [-0.25, -0.2) is 13.8 Å². The topological polar surface area (TPSA) is 12.9 Å². The van der Waals surface area contributed by atoms with Crippen molar-refractivity contribution >= 4 is 11.3 Å². The number of aromatic nitrogens is 1. The van der Waals surface area contributed by atoms with Crippen molar-refractivity contribution in [3.8, 4) is 10.6 Å². The van der Waals surface area contributed by atoms with E-state index in [4.69, 9.17) is 0 Å². The van der Waals surface area contributed by atoms with Crippen molar-refractivity contribution in [2.75, 3.05) is 0 Å². The molecule has 1 heterocycles. The SMILES string of the molecule is Fc1ccc(-c2ncc(C3CC3F)s2)cc1. The number of benzene rings is 1. The third-order valence-corrected chi connectivity index (χ3v) is 3.87. The lowest BCUT2D eigenvalue weighted by Crippen LogP contribution is -1.76. The Morgan fingerprint density at radius 1 is 1.25 bits per heavy atom.